The maximum absolute atomic E-state index is 11.6. The largest absolute Gasteiger partial charge is 0.399 e. The molecule has 0 atom stereocenters. The number of halogens is 1. The molecular weight excluding hydrogens is 290 g/mol. The van der Waals surface area contributed by atoms with Crippen LogP contribution < -0.4 is 15.8 Å². The van der Waals surface area contributed by atoms with E-state index in [9.17, 15) is 13.2 Å². The molecule has 0 heterocycles. The van der Waals surface area contributed by atoms with Crippen LogP contribution >= 0.6 is 12.4 Å². The highest BCUT2D eigenvalue weighted by Gasteiger charge is 2.07. The first-order valence-electron chi connectivity index (χ1n) is 5.55. The summed E-state index contributed by atoms with van der Waals surface area (Å²) in [7, 11) is -3.21. The summed E-state index contributed by atoms with van der Waals surface area (Å²) in [6, 6.07) is 6.57. The van der Waals surface area contributed by atoms with Gasteiger partial charge in [-0.2, -0.15) is 0 Å². The number of rotatable bonds is 6. The van der Waals surface area contributed by atoms with Gasteiger partial charge in [0.2, 0.25) is 10.0 Å². The van der Waals surface area contributed by atoms with Crippen molar-refractivity contribution in [3.8, 4) is 0 Å². The average Bonchev–Trinajstić information content (AvgIpc) is 2.34. The van der Waals surface area contributed by atoms with Crippen LogP contribution in [0.4, 0.5) is 5.69 Å². The summed E-state index contributed by atoms with van der Waals surface area (Å²) in [5.74, 6) is -0.256. The summed E-state index contributed by atoms with van der Waals surface area (Å²) >= 11 is 0. The van der Waals surface area contributed by atoms with Gasteiger partial charge in [-0.3, -0.25) is 4.79 Å². The second kappa shape index (κ2) is 7.98. The fourth-order valence-electron chi connectivity index (χ4n) is 1.27. The van der Waals surface area contributed by atoms with Crippen molar-refractivity contribution in [3.05, 3.63) is 29.8 Å². The van der Waals surface area contributed by atoms with Crippen LogP contribution in [0.25, 0.3) is 0 Å². The van der Waals surface area contributed by atoms with Gasteiger partial charge >= 0.3 is 0 Å². The number of anilines is 1. The minimum absolute atomic E-state index is 0. The lowest BCUT2D eigenvalue weighted by Gasteiger charge is -2.07. The van der Waals surface area contributed by atoms with Crippen LogP contribution in [0.15, 0.2) is 24.3 Å². The normalized spacial score (nSPS) is 10.6. The Kier molecular flexibility index (Phi) is 7.43. The van der Waals surface area contributed by atoms with E-state index in [1.54, 1.807) is 31.2 Å². The number of carbonyl (C=O) groups is 1. The van der Waals surface area contributed by atoms with E-state index in [-0.39, 0.29) is 37.2 Å². The number of amides is 1. The lowest BCUT2D eigenvalue weighted by Crippen LogP contribution is -2.35. The zero-order valence-electron chi connectivity index (χ0n) is 10.5. The first-order chi connectivity index (χ1) is 8.44. The molecule has 0 aliphatic rings. The van der Waals surface area contributed by atoms with Crippen LogP contribution in [0.1, 0.15) is 17.3 Å². The van der Waals surface area contributed by atoms with Gasteiger partial charge in [0.05, 0.1) is 5.75 Å². The Hall–Kier alpha value is -1.31. The van der Waals surface area contributed by atoms with Crippen molar-refractivity contribution in [1.29, 1.82) is 0 Å². The van der Waals surface area contributed by atoms with Crippen LogP contribution in [0.2, 0.25) is 0 Å². The van der Waals surface area contributed by atoms with Gasteiger partial charge in [-0.1, -0.05) is 6.07 Å². The smallest absolute Gasteiger partial charge is 0.251 e. The highest BCUT2D eigenvalue weighted by atomic mass is 35.5. The number of sulfonamides is 1. The van der Waals surface area contributed by atoms with Gasteiger partial charge in [-0.05, 0) is 25.1 Å². The second-order valence-electron chi connectivity index (χ2n) is 3.68. The average molecular weight is 308 g/mol. The molecule has 0 fully saturated rings. The van der Waals surface area contributed by atoms with Gasteiger partial charge in [0, 0.05) is 24.3 Å². The van der Waals surface area contributed by atoms with Crippen molar-refractivity contribution in [2.45, 2.75) is 6.92 Å². The molecule has 1 aromatic rings. The molecule has 1 amide bonds. The van der Waals surface area contributed by atoms with Crippen molar-refractivity contribution >= 4 is 34.0 Å². The number of hydrogen-bond donors (Lipinski definition) is 3. The lowest BCUT2D eigenvalue weighted by molar-refractivity contribution is 0.0954. The number of nitrogens with one attached hydrogen (secondary N) is 2. The van der Waals surface area contributed by atoms with Crippen molar-refractivity contribution in [3.63, 3.8) is 0 Å². The molecule has 0 saturated heterocycles. The molecule has 0 aliphatic carbocycles. The summed E-state index contributed by atoms with van der Waals surface area (Å²) in [6.45, 7) is 1.95. The van der Waals surface area contributed by atoms with Crippen molar-refractivity contribution in [2.75, 3.05) is 24.6 Å². The Balaban J connectivity index is 0.00000324. The third-order valence-corrected chi connectivity index (χ3v) is 3.67. The summed E-state index contributed by atoms with van der Waals surface area (Å²) < 4.78 is 24.6. The molecule has 0 bridgehead atoms. The summed E-state index contributed by atoms with van der Waals surface area (Å²) in [6.07, 6.45) is 0. The highest BCUT2D eigenvalue weighted by molar-refractivity contribution is 7.89. The zero-order valence-corrected chi connectivity index (χ0v) is 12.2. The molecule has 108 valence electrons. The standard InChI is InChI=1S/C11H17N3O3S.ClH/c1-2-18(16,17)14-7-6-13-11(15)9-4-3-5-10(12)8-9;/h3-5,8,14H,2,6-7,12H2,1H3,(H,13,15);1H. The Labute approximate surface area is 119 Å². The topological polar surface area (TPSA) is 101 Å². The van der Waals surface area contributed by atoms with Crippen molar-refractivity contribution < 1.29 is 13.2 Å². The quantitative estimate of drug-likeness (QED) is 0.521. The fraction of sp³-hybridized carbons (Fsp3) is 0.364. The minimum atomic E-state index is -3.21. The Morgan fingerprint density at radius 3 is 2.58 bits per heavy atom. The highest BCUT2D eigenvalue weighted by Crippen LogP contribution is 2.05. The molecule has 0 saturated carbocycles. The summed E-state index contributed by atoms with van der Waals surface area (Å²) in [5.41, 5.74) is 6.52. The van der Waals surface area contributed by atoms with E-state index < -0.39 is 10.0 Å². The maximum atomic E-state index is 11.6. The van der Waals surface area contributed by atoms with E-state index in [0.717, 1.165) is 0 Å². The van der Waals surface area contributed by atoms with E-state index >= 15 is 0 Å². The van der Waals surface area contributed by atoms with E-state index in [0.29, 0.717) is 11.3 Å². The van der Waals surface area contributed by atoms with E-state index in [2.05, 4.69) is 10.0 Å². The zero-order chi connectivity index (χ0) is 13.6. The fourth-order valence-corrected chi connectivity index (χ4v) is 1.88. The summed E-state index contributed by atoms with van der Waals surface area (Å²) in [5, 5.41) is 2.60. The molecule has 4 N–H and O–H groups in total. The first kappa shape index (κ1) is 17.7. The number of hydrogen-bond acceptors (Lipinski definition) is 4. The molecule has 0 aromatic heterocycles. The number of nitrogens with two attached hydrogens (primary N) is 1. The van der Waals surface area contributed by atoms with Gasteiger partial charge in [-0.25, -0.2) is 13.1 Å². The molecular formula is C11H18ClN3O3S. The molecule has 0 unspecified atom stereocenters. The molecule has 0 aliphatic heterocycles. The minimum Gasteiger partial charge on any atom is -0.399 e. The van der Waals surface area contributed by atoms with Gasteiger partial charge in [0.15, 0.2) is 0 Å². The monoisotopic (exact) mass is 307 g/mol. The summed E-state index contributed by atoms with van der Waals surface area (Å²) in [4.78, 5) is 11.6. The predicted molar refractivity (Wildman–Crippen MR) is 77.9 cm³/mol. The molecule has 0 radical (unpaired) electrons. The number of carbonyl (C=O) groups excluding carboxylic acids is 1. The third kappa shape index (κ3) is 6.42. The van der Waals surface area contributed by atoms with Gasteiger partial charge in [0.25, 0.3) is 5.91 Å². The first-order valence-corrected chi connectivity index (χ1v) is 7.21. The van der Waals surface area contributed by atoms with Gasteiger partial charge < -0.3 is 11.1 Å². The van der Waals surface area contributed by atoms with Gasteiger partial charge in [0.1, 0.15) is 0 Å². The van der Waals surface area contributed by atoms with Crippen LogP contribution in [-0.4, -0.2) is 33.2 Å². The maximum Gasteiger partial charge on any atom is 0.251 e. The van der Waals surface area contributed by atoms with Gasteiger partial charge in [-0.15, -0.1) is 12.4 Å². The molecule has 0 spiro atoms. The van der Waals surface area contributed by atoms with E-state index in [4.69, 9.17) is 5.73 Å². The Morgan fingerprint density at radius 1 is 1.32 bits per heavy atom. The van der Waals surface area contributed by atoms with Crippen molar-refractivity contribution in [1.82, 2.24) is 10.0 Å². The number of benzene rings is 1. The lowest BCUT2D eigenvalue weighted by atomic mass is 10.2. The predicted octanol–water partition coefficient (Wildman–Crippen LogP) is 0.360. The Morgan fingerprint density at radius 2 is 2.00 bits per heavy atom. The molecule has 8 heteroatoms. The van der Waals surface area contributed by atoms with Crippen LogP contribution in [0.5, 0.6) is 0 Å². The molecule has 19 heavy (non-hydrogen) atoms. The van der Waals surface area contributed by atoms with Crippen LogP contribution in [-0.2, 0) is 10.0 Å². The van der Waals surface area contributed by atoms with E-state index in [1.165, 1.54) is 0 Å². The number of nitrogen functional groups attached to an aromatic ring is 1. The van der Waals surface area contributed by atoms with Crippen LogP contribution in [0, 0.1) is 0 Å². The van der Waals surface area contributed by atoms with Crippen LogP contribution in [0.3, 0.4) is 0 Å². The SMILES string of the molecule is CCS(=O)(=O)NCCNC(=O)c1cccc(N)c1.Cl. The third-order valence-electron chi connectivity index (χ3n) is 2.26. The molecule has 1 aromatic carbocycles. The molecule has 6 nitrogen and oxygen atoms in total. The second-order valence-corrected chi connectivity index (χ2v) is 5.77. The Bertz CT molecular complexity index is 520. The van der Waals surface area contributed by atoms with Crippen molar-refractivity contribution in [2.24, 2.45) is 0 Å². The van der Waals surface area contributed by atoms with E-state index in [1.807, 2.05) is 0 Å². The molecule has 1 rings (SSSR count).